The quantitative estimate of drug-likeness (QED) is 0.729. The van der Waals surface area contributed by atoms with E-state index in [2.05, 4.69) is 39.1 Å². The Morgan fingerprint density at radius 3 is 2.88 bits per heavy atom. The van der Waals surface area contributed by atoms with Crippen molar-refractivity contribution in [3.8, 4) is 17.1 Å². The van der Waals surface area contributed by atoms with Crippen molar-refractivity contribution < 1.29 is 14.3 Å². The highest BCUT2D eigenvalue weighted by atomic mass is 16.5. The van der Waals surface area contributed by atoms with Gasteiger partial charge in [0.15, 0.2) is 5.82 Å². The van der Waals surface area contributed by atoms with E-state index in [1.807, 2.05) is 12.1 Å². The molecule has 7 nitrogen and oxygen atoms in total. The number of nitrogens with one attached hydrogen (secondary N) is 2. The number of carbonyl (C=O) groups excluding carboxylic acids is 1. The van der Waals surface area contributed by atoms with E-state index in [4.69, 9.17) is 9.47 Å². The number of rotatable bonds is 6. The minimum absolute atomic E-state index is 0.00534. The maximum Gasteiger partial charge on any atom is 0.251 e. The first kappa shape index (κ1) is 16.1. The van der Waals surface area contributed by atoms with Crippen LogP contribution in [0.5, 0.6) is 5.75 Å². The van der Waals surface area contributed by atoms with E-state index in [0.717, 1.165) is 34.6 Å². The Labute approximate surface area is 139 Å². The fraction of sp³-hybridized carbons (Fsp3) is 0.294. The van der Waals surface area contributed by atoms with Crippen molar-refractivity contribution in [1.29, 1.82) is 0 Å². The van der Waals surface area contributed by atoms with Crippen LogP contribution in [0.1, 0.15) is 6.92 Å². The molecule has 126 valence electrons. The van der Waals surface area contributed by atoms with Gasteiger partial charge in [-0.2, -0.15) is 5.10 Å². The first-order valence-corrected chi connectivity index (χ1v) is 7.68. The molecule has 0 aliphatic carbocycles. The minimum atomic E-state index is -0.242. The molecule has 0 unspecified atom stereocenters. The average Bonchev–Trinajstić information content (AvgIpc) is 3.18. The molecular formula is C17H20N4O3. The third kappa shape index (κ3) is 2.85. The number of nitrogens with zero attached hydrogens (tertiary/aromatic N) is 2. The normalized spacial score (nSPS) is 11.0. The van der Waals surface area contributed by atoms with E-state index >= 15 is 0 Å². The second kappa shape index (κ2) is 6.76. The predicted octanol–water partition coefficient (Wildman–Crippen LogP) is 2.64. The Morgan fingerprint density at radius 1 is 1.33 bits per heavy atom. The number of amides is 1. The van der Waals surface area contributed by atoms with Crippen molar-refractivity contribution in [2.24, 2.45) is 0 Å². The van der Waals surface area contributed by atoms with Crippen LogP contribution in [-0.2, 0) is 16.1 Å². The summed E-state index contributed by atoms with van der Waals surface area (Å²) in [5, 5.41) is 10.8. The van der Waals surface area contributed by atoms with E-state index < -0.39 is 0 Å². The molecule has 0 aliphatic heterocycles. The van der Waals surface area contributed by atoms with Crippen LogP contribution in [0.15, 0.2) is 30.3 Å². The van der Waals surface area contributed by atoms with Crippen LogP contribution >= 0.6 is 0 Å². The summed E-state index contributed by atoms with van der Waals surface area (Å²) in [6.45, 7) is 2.88. The van der Waals surface area contributed by atoms with Gasteiger partial charge >= 0.3 is 0 Å². The maximum atomic E-state index is 11.6. The van der Waals surface area contributed by atoms with Crippen LogP contribution in [0.4, 0.5) is 5.82 Å². The summed E-state index contributed by atoms with van der Waals surface area (Å²) in [4.78, 5) is 11.6. The second-order valence-electron chi connectivity index (χ2n) is 5.31. The Kier molecular flexibility index (Phi) is 4.52. The van der Waals surface area contributed by atoms with Gasteiger partial charge in [0.05, 0.1) is 24.0 Å². The molecule has 0 saturated carbocycles. The molecule has 0 fully saturated rings. The number of hydrogen-bond donors (Lipinski definition) is 2. The summed E-state index contributed by atoms with van der Waals surface area (Å²) < 4.78 is 12.4. The van der Waals surface area contributed by atoms with Crippen LogP contribution in [0.25, 0.3) is 22.3 Å². The van der Waals surface area contributed by atoms with Gasteiger partial charge in [-0.15, -0.1) is 0 Å². The molecule has 2 N–H and O–H groups in total. The Hall–Kier alpha value is -2.80. The second-order valence-corrected chi connectivity index (χ2v) is 5.31. The Balaban J connectivity index is 2.00. The molecule has 0 radical (unpaired) electrons. The number of methoxy groups -OCH3 is 2. The molecule has 3 rings (SSSR count). The summed E-state index contributed by atoms with van der Waals surface area (Å²) in [5.74, 6) is 1.05. The van der Waals surface area contributed by atoms with Gasteiger partial charge in [0.2, 0.25) is 0 Å². The SMILES string of the molecule is CCn1c(-c2cc(NC(=O)COC)n[nH]2)cc2c(OC)cccc21. The lowest BCUT2D eigenvalue weighted by atomic mass is 10.2. The highest BCUT2D eigenvalue weighted by Crippen LogP contribution is 2.33. The van der Waals surface area contributed by atoms with Gasteiger partial charge in [-0.1, -0.05) is 6.07 Å². The van der Waals surface area contributed by atoms with Gasteiger partial charge in [0.25, 0.3) is 5.91 Å². The van der Waals surface area contributed by atoms with Gasteiger partial charge in [-0.05, 0) is 25.1 Å². The number of anilines is 1. The van der Waals surface area contributed by atoms with Gasteiger partial charge in [-0.25, -0.2) is 0 Å². The third-order valence-electron chi connectivity index (χ3n) is 3.84. The number of H-pyrrole nitrogens is 1. The fourth-order valence-electron chi connectivity index (χ4n) is 2.83. The number of aryl methyl sites for hydroxylation is 1. The molecule has 1 amide bonds. The highest BCUT2D eigenvalue weighted by Gasteiger charge is 2.15. The number of hydrogen-bond acceptors (Lipinski definition) is 4. The van der Waals surface area contributed by atoms with Crippen LogP contribution in [0.2, 0.25) is 0 Å². The standard InChI is InChI=1S/C17H20N4O3/c1-4-21-13-6-5-7-15(24-3)11(13)8-14(21)12-9-16(20-19-12)18-17(22)10-23-2/h5-9H,4,10H2,1-3H3,(H2,18,19,20,22). The van der Waals surface area contributed by atoms with Crippen molar-refractivity contribution >= 4 is 22.6 Å². The van der Waals surface area contributed by atoms with Crippen molar-refractivity contribution in [1.82, 2.24) is 14.8 Å². The number of fused-ring (bicyclic) bond motifs is 1. The molecular weight excluding hydrogens is 308 g/mol. The Morgan fingerprint density at radius 2 is 2.17 bits per heavy atom. The first-order chi connectivity index (χ1) is 11.7. The molecule has 1 aromatic carbocycles. The van der Waals surface area contributed by atoms with Crippen molar-refractivity contribution in [3.05, 3.63) is 30.3 Å². The van der Waals surface area contributed by atoms with E-state index in [1.165, 1.54) is 7.11 Å². The molecule has 0 bridgehead atoms. The van der Waals surface area contributed by atoms with Crippen LogP contribution < -0.4 is 10.1 Å². The summed E-state index contributed by atoms with van der Waals surface area (Å²) in [6.07, 6.45) is 0. The summed E-state index contributed by atoms with van der Waals surface area (Å²) in [7, 11) is 3.14. The lowest BCUT2D eigenvalue weighted by Crippen LogP contribution is -2.17. The van der Waals surface area contributed by atoms with Crippen LogP contribution in [-0.4, -0.2) is 41.5 Å². The molecule has 0 aliphatic rings. The largest absolute Gasteiger partial charge is 0.496 e. The number of aromatic amines is 1. The number of aromatic nitrogens is 3. The molecule has 7 heteroatoms. The van der Waals surface area contributed by atoms with E-state index in [-0.39, 0.29) is 12.5 Å². The zero-order valence-electron chi connectivity index (χ0n) is 13.9. The predicted molar refractivity (Wildman–Crippen MR) is 92.3 cm³/mol. The van der Waals surface area contributed by atoms with Crippen molar-refractivity contribution in [3.63, 3.8) is 0 Å². The van der Waals surface area contributed by atoms with E-state index in [0.29, 0.717) is 5.82 Å². The first-order valence-electron chi connectivity index (χ1n) is 7.68. The molecule has 0 spiro atoms. The molecule has 2 heterocycles. The lowest BCUT2D eigenvalue weighted by Gasteiger charge is -2.06. The van der Waals surface area contributed by atoms with E-state index in [9.17, 15) is 4.79 Å². The molecule has 24 heavy (non-hydrogen) atoms. The van der Waals surface area contributed by atoms with Crippen molar-refractivity contribution in [2.45, 2.75) is 13.5 Å². The molecule has 0 saturated heterocycles. The van der Waals surface area contributed by atoms with Crippen molar-refractivity contribution in [2.75, 3.05) is 26.1 Å². The van der Waals surface area contributed by atoms with Crippen LogP contribution in [0.3, 0.4) is 0 Å². The lowest BCUT2D eigenvalue weighted by molar-refractivity contribution is -0.119. The fourth-order valence-corrected chi connectivity index (χ4v) is 2.83. The zero-order chi connectivity index (χ0) is 17.1. The molecule has 2 aromatic heterocycles. The average molecular weight is 328 g/mol. The maximum absolute atomic E-state index is 11.6. The molecule has 3 aromatic rings. The number of carbonyl (C=O) groups is 1. The summed E-state index contributed by atoms with van der Waals surface area (Å²) >= 11 is 0. The summed E-state index contributed by atoms with van der Waals surface area (Å²) in [6, 6.07) is 9.84. The van der Waals surface area contributed by atoms with Gasteiger partial charge < -0.3 is 19.4 Å². The monoisotopic (exact) mass is 328 g/mol. The van der Waals surface area contributed by atoms with Gasteiger partial charge in [-0.3, -0.25) is 9.89 Å². The Bertz CT molecular complexity index is 866. The van der Waals surface area contributed by atoms with Gasteiger partial charge in [0.1, 0.15) is 12.4 Å². The van der Waals surface area contributed by atoms with Gasteiger partial charge in [0, 0.05) is 25.1 Å². The molecule has 0 atom stereocenters. The minimum Gasteiger partial charge on any atom is -0.496 e. The highest BCUT2D eigenvalue weighted by molar-refractivity contribution is 5.93. The zero-order valence-corrected chi connectivity index (χ0v) is 13.9. The van der Waals surface area contributed by atoms with E-state index in [1.54, 1.807) is 13.2 Å². The third-order valence-corrected chi connectivity index (χ3v) is 3.84. The number of benzene rings is 1. The number of ether oxygens (including phenoxy) is 2. The topological polar surface area (TPSA) is 81.2 Å². The summed E-state index contributed by atoms with van der Waals surface area (Å²) in [5.41, 5.74) is 2.89. The van der Waals surface area contributed by atoms with Crippen LogP contribution in [0, 0.1) is 0 Å². The smallest absolute Gasteiger partial charge is 0.251 e.